The molecule has 3 amide bonds. The van der Waals surface area contributed by atoms with Gasteiger partial charge >= 0.3 is 12.2 Å². The third kappa shape index (κ3) is 11.5. The second kappa shape index (κ2) is 21.2. The van der Waals surface area contributed by atoms with Gasteiger partial charge in [0.25, 0.3) is 5.91 Å². The number of nitrogens with zero attached hydrogens (tertiary/aromatic N) is 6. The predicted molar refractivity (Wildman–Crippen MR) is 297 cm³/mol. The molecule has 0 atom stereocenters. The Labute approximate surface area is 447 Å². The maximum absolute atomic E-state index is 12.6. The minimum Gasteiger partial charge on any atom is -0.444 e. The third-order valence-electron chi connectivity index (χ3n) is 13.4. The zero-order valence-corrected chi connectivity index (χ0v) is 44.7. The third-order valence-corrected chi connectivity index (χ3v) is 13.7. The lowest BCUT2D eigenvalue weighted by Crippen LogP contribution is -2.52. The van der Waals surface area contributed by atoms with Gasteiger partial charge in [0.2, 0.25) is 0 Å². The average molecular weight is 1040 g/mol. The van der Waals surface area contributed by atoms with Gasteiger partial charge in [-0.1, -0.05) is 71.3 Å². The first-order chi connectivity index (χ1) is 36.2. The molecule has 7 aromatic rings. The molecule has 3 aromatic heterocycles. The van der Waals surface area contributed by atoms with Crippen molar-refractivity contribution in [1.82, 2.24) is 40.8 Å². The van der Waals surface area contributed by atoms with Crippen LogP contribution in [0.3, 0.4) is 0 Å². The van der Waals surface area contributed by atoms with Crippen LogP contribution in [0, 0.1) is 13.8 Å². The summed E-state index contributed by atoms with van der Waals surface area (Å²) in [6, 6.07) is 35.3. The van der Waals surface area contributed by atoms with Gasteiger partial charge in [0.15, 0.2) is 23.3 Å². The highest BCUT2D eigenvalue weighted by Crippen LogP contribution is 2.44. The highest BCUT2D eigenvalue weighted by molar-refractivity contribution is 6.70. The topological polar surface area (TPSA) is 225 Å². The number of hydrogen-bond donors (Lipinski definition) is 6. The van der Waals surface area contributed by atoms with Crippen LogP contribution in [0.2, 0.25) is 0 Å². The van der Waals surface area contributed by atoms with Crippen molar-refractivity contribution in [3.8, 4) is 28.5 Å². The Hall–Kier alpha value is -8.15. The normalized spacial score (nSPS) is 15.1. The summed E-state index contributed by atoms with van der Waals surface area (Å²) in [6.07, 6.45) is 8.28. The number of nitrogens with one attached hydrogen (secondary N) is 5. The number of carbonyl (C=O) groups is 3. The Morgan fingerprint density at radius 2 is 1.14 bits per heavy atom. The Morgan fingerprint density at radius 3 is 1.68 bits per heavy atom. The van der Waals surface area contributed by atoms with Crippen LogP contribution in [0.4, 0.5) is 38.3 Å². The standard InChI is InChI=1S/C29H30N6O2.C16H23N3O3.C13H10ClN3/c1-18-8-13-22-21(17-18)26-34-33-25(35(26)23-7-5-16-30-24(23)31-22)19-9-11-20(12-10-19)29(14-6-15-29)32-27(36)37-28(2,3)4;1-15(2,3)22-14(21)18-16(9-4-10-16)12-7-5-11(6-8-12)13(20)19-17;1-8-4-5-10-9(7-8)12(14)16-11-3-2-6-15-13(11)17-10/h5,7-13,16-17H,6,14-15H2,1-4H3,(H,30,31)(H,32,36);5-8H,4,9-10,17H2,1-3H3,(H,18,21)(H,19,20);2-7H,1H3,(H,15,17). The van der Waals surface area contributed by atoms with E-state index < -0.39 is 28.4 Å². The van der Waals surface area contributed by atoms with E-state index in [4.69, 9.17) is 26.9 Å². The predicted octanol–water partition coefficient (Wildman–Crippen LogP) is 12.2. The molecule has 0 spiro atoms. The fourth-order valence-corrected chi connectivity index (χ4v) is 9.68. The molecule has 18 heteroatoms. The second-order valence-electron chi connectivity index (χ2n) is 21.4. The lowest BCUT2D eigenvalue weighted by Gasteiger charge is -2.43. The number of aromatic nitrogens is 5. The summed E-state index contributed by atoms with van der Waals surface area (Å²) in [5.41, 5.74) is 11.4. The zero-order valence-electron chi connectivity index (χ0n) is 44.0. The number of fused-ring (bicyclic) bond motifs is 7. The fourth-order valence-electron chi connectivity index (χ4n) is 9.43. The van der Waals surface area contributed by atoms with E-state index >= 15 is 0 Å². The summed E-state index contributed by atoms with van der Waals surface area (Å²) in [7, 11) is 0. The fraction of sp³-hybridized carbons (Fsp3) is 0.310. The minimum atomic E-state index is -0.540. The number of anilines is 4. The number of hydrogen-bond acceptors (Lipinski definition) is 13. The van der Waals surface area contributed by atoms with Crippen LogP contribution in [-0.2, 0) is 20.6 Å². The maximum Gasteiger partial charge on any atom is 0.408 e. The van der Waals surface area contributed by atoms with Crippen LogP contribution < -0.4 is 32.5 Å². The molecule has 0 saturated heterocycles. The lowest BCUT2D eigenvalue weighted by molar-refractivity contribution is 0.0365. The molecule has 11 rings (SSSR count). The van der Waals surface area contributed by atoms with Crippen molar-refractivity contribution in [2.45, 2.75) is 116 Å². The molecule has 2 saturated carbocycles. The molecular weight excluding hydrogens is 980 g/mol. The Kier molecular flexibility index (Phi) is 14.7. The van der Waals surface area contributed by atoms with Crippen molar-refractivity contribution in [2.75, 3.05) is 10.6 Å². The first kappa shape index (κ1) is 52.7. The molecule has 4 aromatic carbocycles. The van der Waals surface area contributed by atoms with Crippen LogP contribution in [0.25, 0.3) is 28.5 Å². The number of alkyl carbamates (subject to hydrolysis) is 2. The van der Waals surface area contributed by atoms with Gasteiger partial charge in [0.05, 0.1) is 28.1 Å². The molecule has 392 valence electrons. The van der Waals surface area contributed by atoms with Crippen molar-refractivity contribution in [1.29, 1.82) is 0 Å². The van der Waals surface area contributed by atoms with Crippen LogP contribution in [0.1, 0.15) is 118 Å². The Bertz CT molecular complexity index is 3330. The van der Waals surface area contributed by atoms with Gasteiger partial charge < -0.3 is 30.7 Å². The first-order valence-corrected chi connectivity index (χ1v) is 25.7. The quantitative estimate of drug-likeness (QED) is 0.0520. The number of ether oxygens (including phenoxy) is 2. The number of hydrazine groups is 1. The van der Waals surface area contributed by atoms with E-state index in [0.717, 1.165) is 124 Å². The first-order valence-electron chi connectivity index (χ1n) is 25.3. The molecule has 0 bridgehead atoms. The summed E-state index contributed by atoms with van der Waals surface area (Å²) < 4.78 is 12.9. The summed E-state index contributed by atoms with van der Waals surface area (Å²) in [5.74, 6) is 7.75. The van der Waals surface area contributed by atoms with E-state index in [-0.39, 0.29) is 12.0 Å². The summed E-state index contributed by atoms with van der Waals surface area (Å²) in [5, 5.41) is 22.6. The molecule has 76 heavy (non-hydrogen) atoms. The number of rotatable bonds is 6. The highest BCUT2D eigenvalue weighted by atomic mass is 35.5. The minimum absolute atomic E-state index is 0.339. The maximum atomic E-state index is 12.6. The van der Waals surface area contributed by atoms with E-state index in [0.29, 0.717) is 10.7 Å². The monoisotopic (exact) mass is 1040 g/mol. The number of halogens is 1. The number of amides is 3. The smallest absolute Gasteiger partial charge is 0.408 e. The molecule has 5 heterocycles. The number of benzene rings is 4. The van der Waals surface area contributed by atoms with Gasteiger partial charge in [-0.15, -0.1) is 10.2 Å². The number of nitrogen functional groups attached to an aromatic ring is 1. The second-order valence-corrected chi connectivity index (χ2v) is 21.8. The van der Waals surface area contributed by atoms with Crippen molar-refractivity contribution in [3.05, 3.63) is 155 Å². The van der Waals surface area contributed by atoms with Crippen molar-refractivity contribution in [2.24, 2.45) is 10.8 Å². The van der Waals surface area contributed by atoms with Crippen molar-refractivity contribution < 1.29 is 23.9 Å². The molecule has 4 aliphatic rings. The molecule has 2 aliphatic heterocycles. The molecular formula is C58H63ClN12O5. The molecule has 0 unspecified atom stereocenters. The number of pyridine rings is 2. The van der Waals surface area contributed by atoms with Gasteiger partial charge in [-0.2, -0.15) is 0 Å². The van der Waals surface area contributed by atoms with Crippen LogP contribution >= 0.6 is 11.6 Å². The number of aliphatic imine (C=N–C) groups is 1. The molecule has 7 N–H and O–H groups in total. The van der Waals surface area contributed by atoms with Crippen molar-refractivity contribution in [3.63, 3.8) is 0 Å². The van der Waals surface area contributed by atoms with E-state index in [9.17, 15) is 14.4 Å². The van der Waals surface area contributed by atoms with Gasteiger partial charge in [-0.3, -0.25) is 14.8 Å². The number of carbonyl (C=O) groups excluding carboxylic acids is 3. The van der Waals surface area contributed by atoms with E-state index in [2.05, 4.69) is 106 Å². The van der Waals surface area contributed by atoms with Crippen LogP contribution in [0.15, 0.2) is 127 Å². The Morgan fingerprint density at radius 1 is 0.645 bits per heavy atom. The molecule has 0 radical (unpaired) electrons. The average Bonchev–Trinajstić information content (AvgIpc) is 3.71. The molecule has 2 aliphatic carbocycles. The summed E-state index contributed by atoms with van der Waals surface area (Å²) >= 11 is 6.23. The largest absolute Gasteiger partial charge is 0.444 e. The summed E-state index contributed by atoms with van der Waals surface area (Å²) in [4.78, 5) is 49.3. The number of aryl methyl sites for hydroxylation is 2. The SMILES string of the molecule is CC(C)(C)OC(=O)NC1(c2ccc(C(=O)NN)cc2)CCC1.Cc1ccc2c(c1)-c1nnc(-c3ccc(C4(NC(=O)OC(C)(C)C)CCC4)cc3)n1-c1cccnc1N2.Cc1ccc2c(c1)C(Cl)=Nc1cccnc1N2. The van der Waals surface area contributed by atoms with Gasteiger partial charge in [-0.25, -0.2) is 30.4 Å². The van der Waals surface area contributed by atoms with E-state index in [1.807, 2.05) is 103 Å². The Balaban J connectivity index is 0.000000153. The molecule has 17 nitrogen and oxygen atoms in total. The van der Waals surface area contributed by atoms with E-state index in [1.165, 1.54) is 0 Å². The van der Waals surface area contributed by atoms with Gasteiger partial charge in [-0.05, 0) is 166 Å². The van der Waals surface area contributed by atoms with Gasteiger partial charge in [0.1, 0.15) is 22.1 Å². The molecule has 2 fully saturated rings. The van der Waals surface area contributed by atoms with E-state index in [1.54, 1.807) is 24.5 Å². The highest BCUT2D eigenvalue weighted by Gasteiger charge is 2.42. The number of nitrogens with two attached hydrogens (primary N) is 1. The van der Waals surface area contributed by atoms with Crippen LogP contribution in [0.5, 0.6) is 0 Å². The van der Waals surface area contributed by atoms with Crippen molar-refractivity contribution >= 4 is 63.6 Å². The zero-order chi connectivity index (χ0) is 54.0. The van der Waals surface area contributed by atoms with Gasteiger partial charge in [0, 0.05) is 34.6 Å². The summed E-state index contributed by atoms with van der Waals surface area (Å²) in [6.45, 7) is 15.2. The van der Waals surface area contributed by atoms with Crippen LogP contribution in [-0.4, -0.2) is 59.2 Å². The lowest BCUT2D eigenvalue weighted by atomic mass is 9.72.